The summed E-state index contributed by atoms with van der Waals surface area (Å²) in [7, 11) is 2.04. The van der Waals surface area contributed by atoms with Crippen molar-refractivity contribution in [1.29, 1.82) is 0 Å². The van der Waals surface area contributed by atoms with Crippen LogP contribution < -0.4 is 10.2 Å². The van der Waals surface area contributed by atoms with Gasteiger partial charge in [-0.25, -0.2) is 0 Å². The fourth-order valence-electron chi connectivity index (χ4n) is 2.47. The first-order chi connectivity index (χ1) is 11.1. The molecule has 0 saturated heterocycles. The van der Waals surface area contributed by atoms with Gasteiger partial charge in [0.05, 0.1) is 0 Å². The van der Waals surface area contributed by atoms with Crippen LogP contribution in [-0.2, 0) is 11.2 Å². The molecule has 1 amide bonds. The Kier molecular flexibility index (Phi) is 6.67. The van der Waals surface area contributed by atoms with Crippen molar-refractivity contribution >= 4 is 11.6 Å². The van der Waals surface area contributed by atoms with Crippen LogP contribution in [0.5, 0.6) is 0 Å². The number of anilines is 1. The molecule has 0 aliphatic carbocycles. The molecule has 1 N–H and O–H groups in total. The highest BCUT2D eigenvalue weighted by molar-refractivity contribution is 5.75. The summed E-state index contributed by atoms with van der Waals surface area (Å²) >= 11 is 0. The number of hydrogen-bond donors (Lipinski definition) is 1. The molecule has 0 bridgehead atoms. The van der Waals surface area contributed by atoms with Gasteiger partial charge in [-0.05, 0) is 37.5 Å². The average Bonchev–Trinajstić information content (AvgIpc) is 2.57. The topological polar surface area (TPSA) is 32.3 Å². The van der Waals surface area contributed by atoms with Gasteiger partial charge in [-0.3, -0.25) is 4.79 Å². The summed E-state index contributed by atoms with van der Waals surface area (Å²) < 4.78 is 0. The molecule has 0 aliphatic heterocycles. The van der Waals surface area contributed by atoms with Crippen molar-refractivity contribution < 1.29 is 4.79 Å². The van der Waals surface area contributed by atoms with Gasteiger partial charge in [-0.15, -0.1) is 0 Å². The minimum atomic E-state index is 0.138. The van der Waals surface area contributed by atoms with Crippen LogP contribution in [-0.4, -0.2) is 26.0 Å². The average molecular weight is 310 g/mol. The number of likely N-dealkylation sites (N-methyl/N-ethyl adjacent to an activating group) is 1. The molecule has 0 atom stereocenters. The van der Waals surface area contributed by atoms with Gasteiger partial charge in [0, 0.05) is 32.2 Å². The van der Waals surface area contributed by atoms with Crippen LogP contribution in [0.3, 0.4) is 0 Å². The number of carbonyl (C=O) groups is 1. The Morgan fingerprint density at radius 2 is 1.74 bits per heavy atom. The quantitative estimate of drug-likeness (QED) is 0.808. The SMILES string of the molecule is Cc1ccc(CCCC(=O)NCCN(C)c2ccccc2)cc1. The highest BCUT2D eigenvalue weighted by Gasteiger charge is 2.03. The maximum absolute atomic E-state index is 11.9. The Bertz CT molecular complexity index is 593. The molecule has 122 valence electrons. The van der Waals surface area contributed by atoms with E-state index in [1.54, 1.807) is 0 Å². The van der Waals surface area contributed by atoms with Crippen molar-refractivity contribution in [1.82, 2.24) is 5.32 Å². The van der Waals surface area contributed by atoms with Gasteiger partial charge < -0.3 is 10.2 Å². The number of rotatable bonds is 8. The normalized spacial score (nSPS) is 10.3. The number of amides is 1. The summed E-state index contributed by atoms with van der Waals surface area (Å²) in [6.07, 6.45) is 2.43. The zero-order chi connectivity index (χ0) is 16.5. The highest BCUT2D eigenvalue weighted by Crippen LogP contribution is 2.10. The van der Waals surface area contributed by atoms with Crippen LogP contribution in [0.25, 0.3) is 0 Å². The molecule has 0 radical (unpaired) electrons. The van der Waals surface area contributed by atoms with E-state index >= 15 is 0 Å². The molecule has 2 aromatic rings. The summed E-state index contributed by atoms with van der Waals surface area (Å²) in [5.74, 6) is 0.138. The third-order valence-corrected chi connectivity index (χ3v) is 3.96. The lowest BCUT2D eigenvalue weighted by Crippen LogP contribution is -2.32. The summed E-state index contributed by atoms with van der Waals surface area (Å²) in [5.41, 5.74) is 3.74. The van der Waals surface area contributed by atoms with E-state index in [9.17, 15) is 4.79 Å². The molecule has 0 aliphatic rings. The first kappa shape index (κ1) is 17.1. The third kappa shape index (κ3) is 6.15. The predicted molar refractivity (Wildman–Crippen MR) is 96.8 cm³/mol. The Morgan fingerprint density at radius 3 is 2.43 bits per heavy atom. The fraction of sp³-hybridized carbons (Fsp3) is 0.350. The summed E-state index contributed by atoms with van der Waals surface area (Å²) in [6, 6.07) is 18.7. The van der Waals surface area contributed by atoms with Gasteiger partial charge in [0.2, 0.25) is 5.91 Å². The monoisotopic (exact) mass is 310 g/mol. The molecule has 23 heavy (non-hydrogen) atoms. The van der Waals surface area contributed by atoms with E-state index in [1.165, 1.54) is 16.8 Å². The maximum atomic E-state index is 11.9. The number of nitrogens with zero attached hydrogens (tertiary/aromatic N) is 1. The minimum absolute atomic E-state index is 0.138. The van der Waals surface area contributed by atoms with Gasteiger partial charge >= 0.3 is 0 Å². The molecule has 2 aromatic carbocycles. The summed E-state index contributed by atoms with van der Waals surface area (Å²) in [6.45, 7) is 3.58. The van der Waals surface area contributed by atoms with Gasteiger partial charge in [0.1, 0.15) is 0 Å². The van der Waals surface area contributed by atoms with Crippen molar-refractivity contribution in [2.75, 3.05) is 25.0 Å². The third-order valence-electron chi connectivity index (χ3n) is 3.96. The number of aryl methyl sites for hydroxylation is 2. The van der Waals surface area contributed by atoms with Gasteiger partial charge in [0.15, 0.2) is 0 Å². The Balaban J connectivity index is 1.61. The Hall–Kier alpha value is -2.29. The van der Waals surface area contributed by atoms with Gasteiger partial charge in [0.25, 0.3) is 0 Å². The van der Waals surface area contributed by atoms with Crippen molar-refractivity contribution in [3.05, 3.63) is 65.7 Å². The van der Waals surface area contributed by atoms with Crippen LogP contribution >= 0.6 is 0 Å². The maximum Gasteiger partial charge on any atom is 0.220 e. The zero-order valence-electron chi connectivity index (χ0n) is 14.1. The molecular weight excluding hydrogens is 284 g/mol. The van der Waals surface area contributed by atoms with Crippen molar-refractivity contribution in [3.8, 4) is 0 Å². The first-order valence-corrected chi connectivity index (χ1v) is 8.23. The predicted octanol–water partition coefficient (Wildman–Crippen LogP) is 3.57. The lowest BCUT2D eigenvalue weighted by atomic mass is 10.1. The van der Waals surface area contributed by atoms with Crippen LogP contribution in [0, 0.1) is 6.92 Å². The van der Waals surface area contributed by atoms with E-state index in [0.29, 0.717) is 13.0 Å². The number of benzene rings is 2. The summed E-state index contributed by atoms with van der Waals surface area (Å²) in [4.78, 5) is 14.0. The second-order valence-electron chi connectivity index (χ2n) is 5.95. The van der Waals surface area contributed by atoms with Crippen LogP contribution in [0.15, 0.2) is 54.6 Å². The van der Waals surface area contributed by atoms with E-state index in [2.05, 4.69) is 53.5 Å². The molecule has 0 heterocycles. The standard InChI is InChI=1S/C20H26N2O/c1-17-11-13-18(14-12-17)7-6-10-20(23)21-15-16-22(2)19-8-4-3-5-9-19/h3-5,8-9,11-14H,6-7,10,15-16H2,1-2H3,(H,21,23). The van der Waals surface area contributed by atoms with E-state index in [4.69, 9.17) is 0 Å². The number of hydrogen-bond acceptors (Lipinski definition) is 2. The molecule has 0 aromatic heterocycles. The molecular formula is C20H26N2O. The Labute approximate surface area is 139 Å². The first-order valence-electron chi connectivity index (χ1n) is 8.23. The van der Waals surface area contributed by atoms with E-state index < -0.39 is 0 Å². The highest BCUT2D eigenvalue weighted by atomic mass is 16.1. The second kappa shape index (κ2) is 8.99. The molecule has 0 unspecified atom stereocenters. The minimum Gasteiger partial charge on any atom is -0.373 e. The molecule has 0 spiro atoms. The number of nitrogens with one attached hydrogen (secondary N) is 1. The summed E-state index contributed by atoms with van der Waals surface area (Å²) in [5, 5.41) is 3.00. The molecule has 0 saturated carbocycles. The number of carbonyl (C=O) groups excluding carboxylic acids is 1. The largest absolute Gasteiger partial charge is 0.373 e. The molecule has 3 heteroatoms. The second-order valence-corrected chi connectivity index (χ2v) is 5.95. The van der Waals surface area contributed by atoms with Gasteiger partial charge in [-0.2, -0.15) is 0 Å². The zero-order valence-corrected chi connectivity index (χ0v) is 14.1. The van der Waals surface area contributed by atoms with Crippen LogP contribution in [0.2, 0.25) is 0 Å². The molecule has 2 rings (SSSR count). The Morgan fingerprint density at radius 1 is 1.04 bits per heavy atom. The van der Waals surface area contributed by atoms with Crippen LogP contribution in [0.4, 0.5) is 5.69 Å². The smallest absolute Gasteiger partial charge is 0.220 e. The molecule has 0 fully saturated rings. The van der Waals surface area contributed by atoms with Crippen LogP contribution in [0.1, 0.15) is 24.0 Å². The van der Waals surface area contributed by atoms with Crippen molar-refractivity contribution in [3.63, 3.8) is 0 Å². The van der Waals surface area contributed by atoms with E-state index in [-0.39, 0.29) is 5.91 Å². The molecule has 3 nitrogen and oxygen atoms in total. The fourth-order valence-corrected chi connectivity index (χ4v) is 2.47. The van der Waals surface area contributed by atoms with Gasteiger partial charge in [-0.1, -0.05) is 48.0 Å². The lowest BCUT2D eigenvalue weighted by molar-refractivity contribution is -0.121. The van der Waals surface area contributed by atoms with Crippen molar-refractivity contribution in [2.45, 2.75) is 26.2 Å². The van der Waals surface area contributed by atoms with Crippen molar-refractivity contribution in [2.24, 2.45) is 0 Å². The van der Waals surface area contributed by atoms with E-state index in [1.807, 2.05) is 25.2 Å². The van der Waals surface area contributed by atoms with E-state index in [0.717, 1.165) is 19.4 Å². The lowest BCUT2D eigenvalue weighted by Gasteiger charge is -2.19. The number of para-hydroxylation sites is 1.